The van der Waals surface area contributed by atoms with Gasteiger partial charge in [-0.25, -0.2) is 0 Å². The molecule has 1 aromatic rings. The lowest BCUT2D eigenvalue weighted by molar-refractivity contribution is 0.0949. The Bertz CT molecular complexity index is 410. The van der Waals surface area contributed by atoms with Crippen LogP contribution in [0.4, 0.5) is 0 Å². The molecule has 0 fully saturated rings. The minimum atomic E-state index is -0.160. The summed E-state index contributed by atoms with van der Waals surface area (Å²) in [7, 11) is 0. The van der Waals surface area contributed by atoms with Crippen LogP contribution in [-0.2, 0) is 0 Å². The van der Waals surface area contributed by atoms with Gasteiger partial charge in [0.2, 0.25) is 0 Å². The molecule has 0 atom stereocenters. The fourth-order valence-corrected chi connectivity index (χ4v) is 1.63. The largest absolute Gasteiger partial charge is 0.352 e. The van der Waals surface area contributed by atoms with Gasteiger partial charge in [-0.15, -0.1) is 0 Å². The van der Waals surface area contributed by atoms with E-state index in [1.807, 2.05) is 6.92 Å². The van der Waals surface area contributed by atoms with Gasteiger partial charge in [-0.3, -0.25) is 9.78 Å². The quantitative estimate of drug-likeness (QED) is 0.900. The van der Waals surface area contributed by atoms with E-state index >= 15 is 0 Å². The highest BCUT2D eigenvalue weighted by Crippen LogP contribution is 2.18. The van der Waals surface area contributed by atoms with Crippen LogP contribution in [0.15, 0.2) is 12.3 Å². The van der Waals surface area contributed by atoms with Crippen LogP contribution in [0, 0.1) is 12.3 Å². The monoisotopic (exact) mass is 254 g/mol. The molecule has 1 N–H and O–H groups in total. The summed E-state index contributed by atoms with van der Waals surface area (Å²) in [4.78, 5) is 15.9. The predicted molar refractivity (Wildman–Crippen MR) is 70.4 cm³/mol. The van der Waals surface area contributed by atoms with Gasteiger partial charge in [-0.2, -0.15) is 0 Å². The molecule has 0 radical (unpaired) electrons. The molecule has 1 amide bonds. The summed E-state index contributed by atoms with van der Waals surface area (Å²) in [6.07, 6.45) is 2.44. The van der Waals surface area contributed by atoms with Crippen molar-refractivity contribution in [3.8, 4) is 0 Å². The summed E-state index contributed by atoms with van der Waals surface area (Å²) in [5.74, 6) is -0.160. The molecular formula is C13H19ClN2O. The Morgan fingerprint density at radius 3 is 2.65 bits per heavy atom. The number of aromatic nitrogens is 1. The second kappa shape index (κ2) is 5.50. The number of nitrogens with zero attached hydrogens (tertiary/aromatic N) is 1. The second-order valence-electron chi connectivity index (χ2n) is 5.37. The second-order valence-corrected chi connectivity index (χ2v) is 5.78. The molecule has 0 saturated heterocycles. The first-order valence-electron chi connectivity index (χ1n) is 5.70. The molecule has 0 spiro atoms. The molecule has 0 saturated carbocycles. The van der Waals surface area contributed by atoms with E-state index in [2.05, 4.69) is 31.1 Å². The van der Waals surface area contributed by atoms with Crippen molar-refractivity contribution < 1.29 is 4.79 Å². The molecule has 17 heavy (non-hydrogen) atoms. The van der Waals surface area contributed by atoms with Crippen LogP contribution in [0.2, 0.25) is 5.02 Å². The molecule has 1 aromatic heterocycles. The lowest BCUT2D eigenvalue weighted by Gasteiger charge is -2.18. The van der Waals surface area contributed by atoms with Gasteiger partial charge in [0, 0.05) is 18.4 Å². The number of nitrogens with one attached hydrogen (secondary N) is 1. The standard InChI is InChI=1S/C13H19ClN2O/c1-9-7-11(14)10(8-16-9)12(17)15-6-5-13(2,3)4/h7-8H,5-6H2,1-4H3,(H,15,17). The number of amides is 1. The van der Waals surface area contributed by atoms with Crippen LogP contribution in [0.5, 0.6) is 0 Å². The minimum Gasteiger partial charge on any atom is -0.352 e. The zero-order valence-electron chi connectivity index (χ0n) is 10.8. The van der Waals surface area contributed by atoms with E-state index in [9.17, 15) is 4.79 Å². The Morgan fingerprint density at radius 1 is 1.47 bits per heavy atom. The van der Waals surface area contributed by atoms with Crippen molar-refractivity contribution in [2.45, 2.75) is 34.1 Å². The molecule has 94 valence electrons. The van der Waals surface area contributed by atoms with Crippen LogP contribution < -0.4 is 5.32 Å². The fourth-order valence-electron chi connectivity index (χ4n) is 1.34. The van der Waals surface area contributed by atoms with Gasteiger partial charge in [0.05, 0.1) is 10.6 Å². The van der Waals surface area contributed by atoms with Crippen molar-refractivity contribution in [1.82, 2.24) is 10.3 Å². The topological polar surface area (TPSA) is 42.0 Å². The molecule has 0 unspecified atom stereocenters. The Hall–Kier alpha value is -1.09. The van der Waals surface area contributed by atoms with Crippen LogP contribution in [0.3, 0.4) is 0 Å². The van der Waals surface area contributed by atoms with E-state index in [0.717, 1.165) is 12.1 Å². The third kappa shape index (κ3) is 4.73. The van der Waals surface area contributed by atoms with Crippen LogP contribution >= 0.6 is 11.6 Å². The third-order valence-electron chi connectivity index (χ3n) is 2.40. The molecule has 1 rings (SSSR count). The highest BCUT2D eigenvalue weighted by Gasteiger charge is 2.13. The normalized spacial score (nSPS) is 11.4. The van der Waals surface area contributed by atoms with Gasteiger partial charge in [-0.05, 0) is 24.8 Å². The Kier molecular flexibility index (Phi) is 4.52. The van der Waals surface area contributed by atoms with Crippen LogP contribution in [0.1, 0.15) is 43.2 Å². The van der Waals surface area contributed by atoms with E-state index in [1.165, 1.54) is 6.20 Å². The smallest absolute Gasteiger partial charge is 0.254 e. The average Bonchev–Trinajstić information content (AvgIpc) is 2.15. The summed E-state index contributed by atoms with van der Waals surface area (Å²) in [6.45, 7) is 8.90. The lowest BCUT2D eigenvalue weighted by atomic mass is 9.92. The first-order chi connectivity index (χ1) is 7.79. The summed E-state index contributed by atoms with van der Waals surface area (Å²) in [5.41, 5.74) is 1.45. The first kappa shape index (κ1) is 14.0. The SMILES string of the molecule is Cc1cc(Cl)c(C(=O)NCCC(C)(C)C)cn1. The molecule has 0 aliphatic heterocycles. The predicted octanol–water partition coefficient (Wildman–Crippen LogP) is 3.21. The number of carbonyl (C=O) groups excluding carboxylic acids is 1. The highest BCUT2D eigenvalue weighted by atomic mass is 35.5. The number of rotatable bonds is 3. The maximum atomic E-state index is 11.8. The Labute approximate surface area is 108 Å². The van der Waals surface area contributed by atoms with Gasteiger partial charge in [0.1, 0.15) is 0 Å². The third-order valence-corrected chi connectivity index (χ3v) is 2.71. The van der Waals surface area contributed by atoms with Gasteiger partial charge in [0.25, 0.3) is 5.91 Å². The summed E-state index contributed by atoms with van der Waals surface area (Å²) in [6, 6.07) is 1.69. The van der Waals surface area contributed by atoms with Gasteiger partial charge in [-0.1, -0.05) is 32.4 Å². The average molecular weight is 255 g/mol. The number of hydrogen-bond acceptors (Lipinski definition) is 2. The van der Waals surface area contributed by atoms with Gasteiger partial charge >= 0.3 is 0 Å². The fraction of sp³-hybridized carbons (Fsp3) is 0.538. The molecule has 4 heteroatoms. The molecular weight excluding hydrogens is 236 g/mol. The molecule has 3 nitrogen and oxygen atoms in total. The summed E-state index contributed by atoms with van der Waals surface area (Å²) < 4.78 is 0. The molecule has 0 aliphatic carbocycles. The van der Waals surface area contributed by atoms with Crippen LogP contribution in [-0.4, -0.2) is 17.4 Å². The molecule has 0 aliphatic rings. The molecule has 1 heterocycles. The van der Waals surface area contributed by atoms with E-state index in [0.29, 0.717) is 17.1 Å². The van der Waals surface area contributed by atoms with Crippen molar-refractivity contribution >= 4 is 17.5 Å². The van der Waals surface area contributed by atoms with Gasteiger partial charge < -0.3 is 5.32 Å². The van der Waals surface area contributed by atoms with Crippen molar-refractivity contribution in [3.05, 3.63) is 28.5 Å². The summed E-state index contributed by atoms with van der Waals surface area (Å²) >= 11 is 5.99. The van der Waals surface area contributed by atoms with Crippen molar-refractivity contribution in [3.63, 3.8) is 0 Å². The number of aryl methyl sites for hydroxylation is 1. The lowest BCUT2D eigenvalue weighted by Crippen LogP contribution is -2.27. The highest BCUT2D eigenvalue weighted by molar-refractivity contribution is 6.33. The number of halogens is 1. The Balaban J connectivity index is 2.59. The number of pyridine rings is 1. The van der Waals surface area contributed by atoms with E-state index in [4.69, 9.17) is 11.6 Å². The Morgan fingerprint density at radius 2 is 2.12 bits per heavy atom. The zero-order valence-corrected chi connectivity index (χ0v) is 11.6. The van der Waals surface area contributed by atoms with Crippen molar-refractivity contribution in [1.29, 1.82) is 0 Å². The molecule has 0 aromatic carbocycles. The summed E-state index contributed by atoms with van der Waals surface area (Å²) in [5, 5.41) is 3.30. The van der Waals surface area contributed by atoms with Gasteiger partial charge in [0.15, 0.2) is 0 Å². The minimum absolute atomic E-state index is 0.160. The first-order valence-corrected chi connectivity index (χ1v) is 6.08. The maximum absolute atomic E-state index is 11.8. The van der Waals surface area contributed by atoms with Crippen molar-refractivity contribution in [2.75, 3.05) is 6.54 Å². The maximum Gasteiger partial charge on any atom is 0.254 e. The van der Waals surface area contributed by atoms with Crippen molar-refractivity contribution in [2.24, 2.45) is 5.41 Å². The van der Waals surface area contributed by atoms with E-state index in [1.54, 1.807) is 6.07 Å². The number of carbonyl (C=O) groups is 1. The van der Waals surface area contributed by atoms with Crippen LogP contribution in [0.25, 0.3) is 0 Å². The van der Waals surface area contributed by atoms with E-state index in [-0.39, 0.29) is 11.3 Å². The molecule has 0 bridgehead atoms. The zero-order chi connectivity index (χ0) is 13.1. The van der Waals surface area contributed by atoms with E-state index < -0.39 is 0 Å². The number of hydrogen-bond donors (Lipinski definition) is 1.